The predicted molar refractivity (Wildman–Crippen MR) is 178 cm³/mol. The first kappa shape index (κ1) is 33.6. The van der Waals surface area contributed by atoms with Crippen LogP contribution in [0.15, 0.2) is 78.9 Å². The van der Waals surface area contributed by atoms with Crippen LogP contribution < -0.4 is 26.4 Å². The third-order valence-electron chi connectivity index (χ3n) is 8.31. The molecule has 5 rings (SSSR count). The third-order valence-corrected chi connectivity index (χ3v) is 8.31. The molecule has 0 saturated carbocycles. The summed E-state index contributed by atoms with van der Waals surface area (Å²) in [6.45, 7) is 5.58. The SMILES string of the molecule is COc1ccccc1C1CC(NC(=O)Nc2cccc(C(=O)Nc3nnn[nH]3)c2)C(=O)N(C(C(N)=O)C(C)(C)C)C(c2ccccc2)C1. The molecule has 1 saturated heterocycles. The molecule has 14 heteroatoms. The predicted octanol–water partition coefficient (Wildman–Crippen LogP) is 4.00. The number of aromatic amines is 1. The minimum Gasteiger partial charge on any atom is -0.496 e. The van der Waals surface area contributed by atoms with E-state index in [0.717, 1.165) is 11.1 Å². The second-order valence-corrected chi connectivity index (χ2v) is 12.7. The minimum absolute atomic E-state index is 0.0652. The number of urea groups is 1. The van der Waals surface area contributed by atoms with Gasteiger partial charge in [-0.25, -0.2) is 9.89 Å². The maximum Gasteiger partial charge on any atom is 0.319 e. The highest BCUT2D eigenvalue weighted by atomic mass is 16.5. The molecular weight excluding hydrogens is 614 g/mol. The molecule has 4 atom stereocenters. The number of carbonyl (C=O) groups is 4. The maximum absolute atomic E-state index is 14.7. The van der Waals surface area contributed by atoms with Crippen molar-refractivity contribution in [2.75, 3.05) is 17.7 Å². The summed E-state index contributed by atoms with van der Waals surface area (Å²) in [5, 5.41) is 21.1. The van der Waals surface area contributed by atoms with E-state index in [9.17, 15) is 19.2 Å². The van der Waals surface area contributed by atoms with E-state index in [4.69, 9.17) is 10.5 Å². The molecule has 250 valence electrons. The number of tetrazole rings is 1. The molecule has 1 fully saturated rings. The number of para-hydroxylation sites is 1. The van der Waals surface area contributed by atoms with Crippen LogP contribution in [-0.4, -0.2) is 68.5 Å². The average Bonchev–Trinajstić information content (AvgIpc) is 3.53. The summed E-state index contributed by atoms with van der Waals surface area (Å²) < 4.78 is 5.71. The number of rotatable bonds is 9. The Balaban J connectivity index is 1.50. The molecule has 5 amide bonds. The van der Waals surface area contributed by atoms with Gasteiger partial charge in [-0.3, -0.25) is 19.7 Å². The zero-order chi connectivity index (χ0) is 34.4. The van der Waals surface area contributed by atoms with Crippen LogP contribution in [0.3, 0.4) is 0 Å². The van der Waals surface area contributed by atoms with E-state index in [1.807, 2.05) is 75.4 Å². The number of nitrogens with zero attached hydrogens (tertiary/aromatic N) is 4. The topological polar surface area (TPSA) is 197 Å². The molecule has 14 nitrogen and oxygen atoms in total. The van der Waals surface area contributed by atoms with Crippen molar-refractivity contribution in [3.63, 3.8) is 0 Å². The lowest BCUT2D eigenvalue weighted by atomic mass is 9.82. The summed E-state index contributed by atoms with van der Waals surface area (Å²) >= 11 is 0. The average molecular weight is 654 g/mol. The quantitative estimate of drug-likeness (QED) is 0.179. The fraction of sp³-hybridized carbons (Fsp3) is 0.324. The monoisotopic (exact) mass is 653 g/mol. The Bertz CT molecular complexity index is 1760. The number of H-pyrrole nitrogens is 1. The van der Waals surface area contributed by atoms with Crippen molar-refractivity contribution in [1.82, 2.24) is 30.8 Å². The first-order chi connectivity index (χ1) is 23.0. The Morgan fingerprint density at radius 2 is 1.71 bits per heavy atom. The summed E-state index contributed by atoms with van der Waals surface area (Å²) in [6.07, 6.45) is 0.656. The van der Waals surface area contributed by atoms with E-state index >= 15 is 0 Å². The zero-order valence-electron chi connectivity index (χ0n) is 27.1. The van der Waals surface area contributed by atoms with Crippen molar-refractivity contribution in [3.8, 4) is 5.75 Å². The van der Waals surface area contributed by atoms with Gasteiger partial charge in [0.1, 0.15) is 17.8 Å². The van der Waals surface area contributed by atoms with Gasteiger partial charge in [-0.1, -0.05) is 80.5 Å². The van der Waals surface area contributed by atoms with Crippen LogP contribution in [0.5, 0.6) is 5.75 Å². The van der Waals surface area contributed by atoms with Crippen molar-refractivity contribution >= 4 is 35.4 Å². The van der Waals surface area contributed by atoms with Gasteiger partial charge in [-0.05, 0) is 70.0 Å². The van der Waals surface area contributed by atoms with E-state index in [-0.39, 0.29) is 23.9 Å². The first-order valence-electron chi connectivity index (χ1n) is 15.5. The molecule has 4 aromatic rings. The normalized spacial score (nSPS) is 18.7. The van der Waals surface area contributed by atoms with Gasteiger partial charge in [-0.15, -0.1) is 0 Å². The van der Waals surface area contributed by atoms with Gasteiger partial charge >= 0.3 is 6.03 Å². The number of primary amides is 1. The van der Waals surface area contributed by atoms with Crippen LogP contribution in [0, 0.1) is 5.41 Å². The standard InChI is InChI=1S/C34H39N9O5/c1-34(2,3)28(29(35)44)43-26(20-11-6-5-7-12-20)19-22(24-15-8-9-16-27(24)48-4)18-25(31(43)46)37-33(47)36-23-14-10-13-21(17-23)30(45)38-32-39-41-42-40-32/h5-17,22,25-26,28H,18-19H2,1-4H3,(H2,35,44)(H2,36,37,47)(H2,38,39,40,41,42,45). The Labute approximate surface area is 277 Å². The number of amides is 5. The summed E-state index contributed by atoms with van der Waals surface area (Å²) in [5.41, 5.74) is 7.55. The molecule has 1 aliphatic heterocycles. The first-order valence-corrected chi connectivity index (χ1v) is 15.5. The van der Waals surface area contributed by atoms with Crippen molar-refractivity contribution < 1.29 is 23.9 Å². The van der Waals surface area contributed by atoms with Crippen LogP contribution in [0.4, 0.5) is 16.4 Å². The number of ether oxygens (including phenoxy) is 1. The Morgan fingerprint density at radius 1 is 0.979 bits per heavy atom. The summed E-state index contributed by atoms with van der Waals surface area (Å²) in [5.74, 6) is -1.14. The number of nitrogens with one attached hydrogen (secondary N) is 4. The molecule has 0 aliphatic carbocycles. The minimum atomic E-state index is -1.05. The summed E-state index contributed by atoms with van der Waals surface area (Å²) in [7, 11) is 1.59. The number of aromatic nitrogens is 4. The molecule has 1 aliphatic rings. The Morgan fingerprint density at radius 3 is 2.38 bits per heavy atom. The van der Waals surface area contributed by atoms with Crippen molar-refractivity contribution in [2.24, 2.45) is 11.1 Å². The van der Waals surface area contributed by atoms with Crippen molar-refractivity contribution in [2.45, 2.75) is 57.7 Å². The molecule has 2 heterocycles. The van der Waals surface area contributed by atoms with Crippen LogP contribution in [0.1, 0.15) is 67.1 Å². The molecule has 3 aromatic carbocycles. The van der Waals surface area contributed by atoms with Gasteiger partial charge in [0.25, 0.3) is 5.91 Å². The number of hydrogen-bond donors (Lipinski definition) is 5. The number of benzene rings is 3. The number of anilines is 2. The van der Waals surface area contributed by atoms with Gasteiger partial charge in [-0.2, -0.15) is 0 Å². The number of nitrogens with two attached hydrogens (primary N) is 1. The third kappa shape index (κ3) is 7.60. The van der Waals surface area contributed by atoms with E-state index < -0.39 is 47.3 Å². The number of methoxy groups -OCH3 is 1. The largest absolute Gasteiger partial charge is 0.496 e. The second kappa shape index (κ2) is 14.3. The lowest BCUT2D eigenvalue weighted by molar-refractivity contribution is -0.147. The maximum atomic E-state index is 14.7. The summed E-state index contributed by atoms with van der Waals surface area (Å²) in [6, 6.07) is 20.1. The smallest absolute Gasteiger partial charge is 0.319 e. The van der Waals surface area contributed by atoms with Gasteiger partial charge < -0.3 is 26.0 Å². The molecule has 0 radical (unpaired) electrons. The molecule has 48 heavy (non-hydrogen) atoms. The van der Waals surface area contributed by atoms with E-state index in [1.165, 1.54) is 6.07 Å². The van der Waals surface area contributed by atoms with Crippen LogP contribution in [0.25, 0.3) is 0 Å². The van der Waals surface area contributed by atoms with E-state index in [0.29, 0.717) is 17.9 Å². The molecule has 1 aromatic heterocycles. The van der Waals surface area contributed by atoms with Crippen molar-refractivity contribution in [1.29, 1.82) is 0 Å². The Hall–Kier alpha value is -5.79. The van der Waals surface area contributed by atoms with Gasteiger partial charge in [0.2, 0.25) is 17.8 Å². The Kier molecular flexibility index (Phi) is 10.0. The molecule has 0 bridgehead atoms. The highest BCUT2D eigenvalue weighted by molar-refractivity contribution is 6.04. The number of likely N-dealkylation sites (tertiary alicyclic amines) is 1. The molecule has 4 unspecified atom stereocenters. The molecule has 6 N–H and O–H groups in total. The van der Waals surface area contributed by atoms with Crippen LogP contribution in [0.2, 0.25) is 0 Å². The van der Waals surface area contributed by atoms with Gasteiger partial charge in [0.05, 0.1) is 13.2 Å². The lowest BCUT2D eigenvalue weighted by Crippen LogP contribution is -2.59. The van der Waals surface area contributed by atoms with Crippen LogP contribution in [-0.2, 0) is 9.59 Å². The number of carbonyl (C=O) groups excluding carboxylic acids is 4. The second-order valence-electron chi connectivity index (χ2n) is 12.7. The highest BCUT2D eigenvalue weighted by Crippen LogP contribution is 2.44. The fourth-order valence-corrected chi connectivity index (χ4v) is 6.29. The summed E-state index contributed by atoms with van der Waals surface area (Å²) in [4.78, 5) is 55.7. The van der Waals surface area contributed by atoms with E-state index in [1.54, 1.807) is 30.2 Å². The van der Waals surface area contributed by atoms with Gasteiger partial charge in [0, 0.05) is 11.3 Å². The fourth-order valence-electron chi connectivity index (χ4n) is 6.29. The van der Waals surface area contributed by atoms with Crippen LogP contribution >= 0.6 is 0 Å². The lowest BCUT2D eigenvalue weighted by Gasteiger charge is -2.43. The van der Waals surface area contributed by atoms with Crippen molar-refractivity contribution in [3.05, 3.63) is 95.6 Å². The molecular formula is C34H39N9O5. The van der Waals surface area contributed by atoms with Gasteiger partial charge in [0.15, 0.2) is 0 Å². The molecule has 0 spiro atoms. The zero-order valence-corrected chi connectivity index (χ0v) is 27.1. The van der Waals surface area contributed by atoms with E-state index in [2.05, 4.69) is 36.6 Å². The number of hydrogen-bond acceptors (Lipinski definition) is 8. The highest BCUT2D eigenvalue weighted by Gasteiger charge is 2.47.